The molecule has 0 spiro atoms. The fourth-order valence-corrected chi connectivity index (χ4v) is 5.23. The summed E-state index contributed by atoms with van der Waals surface area (Å²) in [5, 5.41) is 0.265. The molecule has 0 saturated carbocycles. The number of halogens is 4. The summed E-state index contributed by atoms with van der Waals surface area (Å²) in [5.74, 6) is -0.559. The van der Waals surface area contributed by atoms with Crippen molar-refractivity contribution in [1.82, 2.24) is 14.5 Å². The Hall–Kier alpha value is -4.09. The number of hydrogen-bond donors (Lipinski definition) is 0. The number of nitrogens with zero attached hydrogens (tertiary/aromatic N) is 3. The molecular weight excluding hydrogens is 567 g/mol. The van der Waals surface area contributed by atoms with Crippen molar-refractivity contribution in [3.05, 3.63) is 89.5 Å². The van der Waals surface area contributed by atoms with Crippen LogP contribution in [-0.4, -0.2) is 35.8 Å². The van der Waals surface area contributed by atoms with Gasteiger partial charge in [-0.05, 0) is 60.5 Å². The van der Waals surface area contributed by atoms with Crippen LogP contribution in [0.1, 0.15) is 11.7 Å². The van der Waals surface area contributed by atoms with Gasteiger partial charge in [-0.15, -0.1) is 0 Å². The molecule has 0 unspecified atom stereocenters. The van der Waals surface area contributed by atoms with E-state index < -0.39 is 28.0 Å². The van der Waals surface area contributed by atoms with Crippen LogP contribution in [0.25, 0.3) is 39.4 Å². The lowest BCUT2D eigenvalue weighted by Crippen LogP contribution is -2.03. The summed E-state index contributed by atoms with van der Waals surface area (Å²) in [5.41, 5.74) is 3.04. The highest BCUT2D eigenvalue weighted by atomic mass is 35.5. The van der Waals surface area contributed by atoms with Crippen LogP contribution in [0, 0.1) is 19.7 Å². The molecule has 2 heterocycles. The van der Waals surface area contributed by atoms with Crippen LogP contribution < -0.4 is 4.74 Å². The molecule has 2 aromatic heterocycles. The molecule has 12 heteroatoms. The number of hydrogen-bond acceptors (Lipinski definition) is 6. The zero-order valence-electron chi connectivity index (χ0n) is 21.3. The Morgan fingerprint density at radius 1 is 0.975 bits per heavy atom. The highest BCUT2D eigenvalue weighted by Gasteiger charge is 2.23. The monoisotopic (exact) mass is 587 g/mol. The molecule has 206 valence electrons. The maximum atomic E-state index is 14.7. The fourth-order valence-electron chi connectivity index (χ4n) is 4.34. The van der Waals surface area contributed by atoms with Gasteiger partial charge in [-0.2, -0.15) is 8.78 Å². The lowest BCUT2D eigenvalue weighted by atomic mass is 9.98. The van der Waals surface area contributed by atoms with Gasteiger partial charge in [0.25, 0.3) is 0 Å². The van der Waals surface area contributed by atoms with Crippen molar-refractivity contribution >= 4 is 21.4 Å². The SMILES string of the molecule is Cc1nc(-c2cc(-c3cccc(S(C)(=O)=O)c3)ccc2-n2cc(Cl)nc2C)c(-c2ccc(OC(F)F)c(F)c2)o1. The van der Waals surface area contributed by atoms with Crippen LogP contribution in [-0.2, 0) is 9.84 Å². The number of alkyl halides is 2. The standard InChI is InChI=1S/C28H21ClF3N3O4S/c1-15-33-25(29)14-35(15)23-9-7-18(17-5-4-6-20(11-17)40(3,36)37)12-21(23)26-27(38-16(2)34-26)19-8-10-24(22(30)13-19)39-28(31)32/h4-14,28H,1-3H3. The van der Waals surface area contributed by atoms with Gasteiger partial charge in [0.2, 0.25) is 0 Å². The second-order valence-electron chi connectivity index (χ2n) is 8.95. The Kier molecular flexibility index (Phi) is 7.19. The van der Waals surface area contributed by atoms with Crippen molar-refractivity contribution < 1.29 is 30.7 Å². The summed E-state index contributed by atoms with van der Waals surface area (Å²) in [7, 11) is -3.45. The van der Waals surface area contributed by atoms with E-state index in [9.17, 15) is 21.6 Å². The molecule has 0 bridgehead atoms. The van der Waals surface area contributed by atoms with Crippen LogP contribution in [0.3, 0.4) is 0 Å². The van der Waals surface area contributed by atoms with E-state index in [4.69, 9.17) is 16.0 Å². The van der Waals surface area contributed by atoms with E-state index in [-0.39, 0.29) is 27.3 Å². The lowest BCUT2D eigenvalue weighted by molar-refractivity contribution is -0.0521. The molecule has 7 nitrogen and oxygen atoms in total. The summed E-state index contributed by atoms with van der Waals surface area (Å²) < 4.78 is 76.2. The Bertz CT molecular complexity index is 1850. The van der Waals surface area contributed by atoms with Crippen molar-refractivity contribution in [3.8, 4) is 45.1 Å². The molecule has 3 aromatic carbocycles. The first-order valence-corrected chi connectivity index (χ1v) is 14.1. The molecule has 5 rings (SSSR count). The largest absolute Gasteiger partial charge is 0.440 e. The number of imidazole rings is 1. The normalized spacial score (nSPS) is 11.8. The van der Waals surface area contributed by atoms with Gasteiger partial charge in [0.05, 0.1) is 10.6 Å². The van der Waals surface area contributed by atoms with Crippen LogP contribution in [0.2, 0.25) is 5.15 Å². The Labute approximate surface area is 232 Å². The van der Waals surface area contributed by atoms with Crippen molar-refractivity contribution in [2.75, 3.05) is 6.26 Å². The minimum absolute atomic E-state index is 0.160. The third kappa shape index (κ3) is 5.47. The van der Waals surface area contributed by atoms with E-state index in [0.717, 1.165) is 18.4 Å². The highest BCUT2D eigenvalue weighted by molar-refractivity contribution is 7.90. The molecular formula is C28H21ClF3N3O4S. The average molecular weight is 588 g/mol. The number of ether oxygens (including phenoxy) is 1. The van der Waals surface area contributed by atoms with E-state index in [1.165, 1.54) is 12.1 Å². The van der Waals surface area contributed by atoms with Crippen LogP contribution in [0.4, 0.5) is 13.2 Å². The second kappa shape index (κ2) is 10.5. The van der Waals surface area contributed by atoms with Crippen LogP contribution in [0.5, 0.6) is 5.75 Å². The van der Waals surface area contributed by atoms with Gasteiger partial charge in [-0.3, -0.25) is 0 Å². The van der Waals surface area contributed by atoms with Crippen molar-refractivity contribution in [1.29, 1.82) is 0 Å². The zero-order chi connectivity index (χ0) is 28.8. The van der Waals surface area contributed by atoms with E-state index in [1.54, 1.807) is 54.9 Å². The van der Waals surface area contributed by atoms with E-state index in [2.05, 4.69) is 14.7 Å². The zero-order valence-corrected chi connectivity index (χ0v) is 22.9. The number of rotatable bonds is 7. The third-order valence-corrected chi connectivity index (χ3v) is 7.40. The molecule has 0 fully saturated rings. The number of oxazole rings is 1. The average Bonchev–Trinajstić information content (AvgIpc) is 3.45. The van der Waals surface area contributed by atoms with Gasteiger partial charge in [-0.1, -0.05) is 29.8 Å². The van der Waals surface area contributed by atoms with E-state index in [0.29, 0.717) is 33.9 Å². The predicted molar refractivity (Wildman–Crippen MR) is 144 cm³/mol. The minimum atomic E-state index is -3.45. The molecule has 0 aliphatic heterocycles. The number of aryl methyl sites for hydroxylation is 2. The minimum Gasteiger partial charge on any atom is -0.440 e. The first-order valence-electron chi connectivity index (χ1n) is 11.8. The molecule has 5 aromatic rings. The van der Waals surface area contributed by atoms with Crippen LogP contribution in [0.15, 0.2) is 76.2 Å². The second-order valence-corrected chi connectivity index (χ2v) is 11.4. The summed E-state index contributed by atoms with van der Waals surface area (Å²) in [6.45, 7) is 0.210. The first-order chi connectivity index (χ1) is 18.9. The molecule has 0 amide bonds. The summed E-state index contributed by atoms with van der Waals surface area (Å²) in [6.07, 6.45) is 2.76. The Balaban J connectivity index is 1.73. The molecule has 0 aliphatic carbocycles. The number of sulfone groups is 1. The topological polar surface area (TPSA) is 87.2 Å². The predicted octanol–water partition coefficient (Wildman–Crippen LogP) is 7.28. The van der Waals surface area contributed by atoms with Crippen molar-refractivity contribution in [2.24, 2.45) is 0 Å². The summed E-state index contributed by atoms with van der Waals surface area (Å²) >= 11 is 6.17. The van der Waals surface area contributed by atoms with Crippen LogP contribution >= 0.6 is 11.6 Å². The smallest absolute Gasteiger partial charge is 0.387 e. The van der Waals surface area contributed by atoms with Gasteiger partial charge in [0.1, 0.15) is 16.7 Å². The molecule has 0 N–H and O–H groups in total. The third-order valence-electron chi connectivity index (χ3n) is 6.10. The maximum absolute atomic E-state index is 14.7. The summed E-state index contributed by atoms with van der Waals surface area (Å²) in [4.78, 5) is 8.99. The van der Waals surface area contributed by atoms with Gasteiger partial charge < -0.3 is 13.7 Å². The molecule has 0 aliphatic rings. The summed E-state index contributed by atoms with van der Waals surface area (Å²) in [6, 6.07) is 15.4. The molecule has 0 atom stereocenters. The van der Waals surface area contributed by atoms with E-state index in [1.807, 2.05) is 6.07 Å². The van der Waals surface area contributed by atoms with Gasteiger partial charge >= 0.3 is 6.61 Å². The number of aromatic nitrogens is 3. The van der Waals surface area contributed by atoms with Gasteiger partial charge in [0, 0.05) is 30.5 Å². The Morgan fingerprint density at radius 2 is 1.70 bits per heavy atom. The molecule has 40 heavy (non-hydrogen) atoms. The van der Waals surface area contributed by atoms with Crippen molar-refractivity contribution in [2.45, 2.75) is 25.4 Å². The quantitative estimate of drug-likeness (QED) is 0.199. The highest BCUT2D eigenvalue weighted by Crippen LogP contribution is 2.40. The van der Waals surface area contributed by atoms with E-state index >= 15 is 0 Å². The lowest BCUT2D eigenvalue weighted by Gasteiger charge is -2.14. The molecule has 0 radical (unpaired) electrons. The van der Waals surface area contributed by atoms with Gasteiger partial charge in [-0.25, -0.2) is 22.8 Å². The number of benzene rings is 3. The van der Waals surface area contributed by atoms with Crippen molar-refractivity contribution in [3.63, 3.8) is 0 Å². The molecule has 0 saturated heterocycles. The Morgan fingerprint density at radius 3 is 2.35 bits per heavy atom. The first kappa shape index (κ1) is 27.5. The fraction of sp³-hybridized carbons (Fsp3) is 0.143. The van der Waals surface area contributed by atoms with Gasteiger partial charge in [0.15, 0.2) is 33.1 Å². The maximum Gasteiger partial charge on any atom is 0.387 e.